The maximum atomic E-state index is 6.25. The molecule has 4 aromatic rings. The van der Waals surface area contributed by atoms with Gasteiger partial charge in [-0.05, 0) is 119 Å². The Morgan fingerprint density at radius 2 is 0.980 bits per heavy atom. The van der Waals surface area contributed by atoms with Gasteiger partial charge in [0.25, 0.3) is 0 Å². The van der Waals surface area contributed by atoms with Crippen LogP contribution in [0.25, 0.3) is 34.4 Å². The van der Waals surface area contributed by atoms with E-state index in [1.54, 1.807) is 0 Å². The monoisotopic (exact) mass is 706 g/mol. The molecule has 0 spiro atoms. The Balaban J connectivity index is 1.27. The van der Waals surface area contributed by atoms with Crippen molar-refractivity contribution in [2.75, 3.05) is 6.61 Å². The molecule has 2 unspecified atom stereocenters. The smallest absolute Gasteiger partial charge is 0.0598 e. The van der Waals surface area contributed by atoms with Crippen LogP contribution in [-0.4, -0.2) is 31.2 Å². The molecule has 0 fully saturated rings. The van der Waals surface area contributed by atoms with Crippen molar-refractivity contribution < 1.29 is 4.74 Å². The van der Waals surface area contributed by atoms with Crippen molar-refractivity contribution in [1.82, 2.24) is 0 Å². The minimum Gasteiger partial charge on any atom is -0.376 e. The number of allylic oxidation sites excluding steroid dienone is 2. The third kappa shape index (κ3) is 8.53. The fourth-order valence-electron chi connectivity index (χ4n) is 7.63. The lowest BCUT2D eigenvalue weighted by atomic mass is 9.86. The van der Waals surface area contributed by atoms with Crippen LogP contribution in [0.1, 0.15) is 133 Å². The van der Waals surface area contributed by atoms with E-state index in [-0.39, 0.29) is 16.4 Å². The van der Waals surface area contributed by atoms with Crippen LogP contribution in [0.5, 0.6) is 0 Å². The molecule has 2 aliphatic rings. The summed E-state index contributed by atoms with van der Waals surface area (Å²) < 4.78 is 6.25. The lowest BCUT2D eigenvalue weighted by Gasteiger charge is -2.26. The number of benzene rings is 4. The van der Waals surface area contributed by atoms with Crippen molar-refractivity contribution in [2.24, 2.45) is 0 Å². The van der Waals surface area contributed by atoms with Crippen LogP contribution in [0.2, 0.25) is 5.16 Å². The van der Waals surface area contributed by atoms with Crippen LogP contribution in [0, 0.1) is 0 Å². The highest BCUT2D eigenvalue weighted by Crippen LogP contribution is 2.45. The van der Waals surface area contributed by atoms with E-state index in [0.29, 0.717) is 16.2 Å². The second-order valence-corrected chi connectivity index (χ2v) is 21.7. The molecule has 264 valence electrons. The van der Waals surface area contributed by atoms with Crippen molar-refractivity contribution in [1.29, 1.82) is 0 Å². The van der Waals surface area contributed by atoms with Crippen molar-refractivity contribution in [2.45, 2.75) is 122 Å². The van der Waals surface area contributed by atoms with Gasteiger partial charge >= 0.3 is 0 Å². The maximum Gasteiger partial charge on any atom is 0.0598 e. The Kier molecular flexibility index (Phi) is 10.8. The van der Waals surface area contributed by atoms with Crippen LogP contribution in [0.4, 0.5) is 0 Å². The van der Waals surface area contributed by atoms with E-state index in [1.807, 2.05) is 0 Å². The lowest BCUT2D eigenvalue weighted by Crippen LogP contribution is -2.25. The summed E-state index contributed by atoms with van der Waals surface area (Å²) in [4.78, 5) is 0. The first-order valence-electron chi connectivity index (χ1n) is 19.0. The molecular weight excluding hydrogens is 649 g/mol. The van der Waals surface area contributed by atoms with E-state index in [0.717, 1.165) is 32.1 Å². The zero-order valence-corrected chi connectivity index (χ0v) is 35.0. The first-order chi connectivity index (χ1) is 24.0. The Labute approximate surface area is 314 Å². The predicted octanol–water partition coefficient (Wildman–Crippen LogP) is 13.0. The summed E-state index contributed by atoms with van der Waals surface area (Å²) in [5, 5.41) is 0.636. The standard InChI is InChI=1S/C48H58OSi2/c1-31-29-41-37(33-20-24-35(25-21-33)46(3,4)5)15-12-17-39(41)44(31)50-43(19-14-28-49-48(9,10)11)51-45-32(2)30-42-38(16-13-18-40(42)45)34-22-26-36(27-23-34)47(6,7)8/h12-13,15-18,20-27,29-30,43-45H,14,19,28H2,1-11H3. The summed E-state index contributed by atoms with van der Waals surface area (Å²) in [6.45, 7) is 25.8. The second kappa shape index (κ2) is 14.6. The lowest BCUT2D eigenvalue weighted by molar-refractivity contribution is -0.00435. The molecule has 0 amide bonds. The molecule has 6 rings (SSSR count). The second-order valence-electron chi connectivity index (χ2n) is 17.9. The van der Waals surface area contributed by atoms with Crippen molar-refractivity contribution in [3.05, 3.63) is 129 Å². The molecule has 2 aliphatic carbocycles. The van der Waals surface area contributed by atoms with E-state index in [9.17, 15) is 0 Å². The van der Waals surface area contributed by atoms with Crippen molar-refractivity contribution in [3.8, 4) is 22.3 Å². The Morgan fingerprint density at radius 1 is 0.569 bits per heavy atom. The van der Waals surface area contributed by atoms with Gasteiger partial charge in [-0.15, -0.1) is 0 Å². The van der Waals surface area contributed by atoms with Crippen molar-refractivity contribution >= 4 is 31.2 Å². The summed E-state index contributed by atoms with van der Waals surface area (Å²) in [5.74, 6) is 0. The molecular formula is C48H58OSi2. The summed E-state index contributed by atoms with van der Waals surface area (Å²) in [7, 11) is 1.69. The van der Waals surface area contributed by atoms with Gasteiger partial charge in [-0.2, -0.15) is 0 Å². The number of hydrogen-bond donors (Lipinski definition) is 0. The number of fused-ring (bicyclic) bond motifs is 2. The number of ether oxygens (including phenoxy) is 1. The molecule has 0 N–H and O–H groups in total. The van der Waals surface area contributed by atoms with Gasteiger partial charge in [0.2, 0.25) is 0 Å². The fourth-order valence-corrected chi connectivity index (χ4v) is 12.1. The minimum atomic E-state index is -0.101. The number of hydrogen-bond acceptors (Lipinski definition) is 1. The molecule has 0 bridgehead atoms. The molecule has 4 radical (unpaired) electrons. The number of rotatable bonds is 10. The van der Waals surface area contributed by atoms with Gasteiger partial charge in [0.1, 0.15) is 0 Å². The van der Waals surface area contributed by atoms with Crippen LogP contribution in [0.3, 0.4) is 0 Å². The largest absolute Gasteiger partial charge is 0.376 e. The Bertz CT molecular complexity index is 1780. The van der Waals surface area contributed by atoms with Gasteiger partial charge in [-0.25, -0.2) is 0 Å². The molecule has 4 aromatic carbocycles. The molecule has 0 heterocycles. The molecule has 1 nitrogen and oxygen atoms in total. The van der Waals surface area contributed by atoms with E-state index in [4.69, 9.17) is 4.74 Å². The van der Waals surface area contributed by atoms with E-state index in [2.05, 4.69) is 173 Å². The third-order valence-corrected chi connectivity index (χ3v) is 15.2. The zero-order valence-electron chi connectivity index (χ0n) is 33.0. The SMILES string of the molecule is CC1=Cc2c(-c3ccc(C(C)(C)C)cc3)cccc2C1[Si]C(CCCOC(C)(C)C)[Si]C1C(C)=Cc2c(-c3ccc(C(C)(C)C)cc3)cccc21. The summed E-state index contributed by atoms with van der Waals surface area (Å²) in [6.07, 6.45) is 7.30. The van der Waals surface area contributed by atoms with Crippen LogP contribution in [0.15, 0.2) is 96.1 Å². The van der Waals surface area contributed by atoms with E-state index in [1.165, 1.54) is 73.2 Å². The molecule has 3 heteroatoms. The Hall–Kier alpha value is -3.25. The normalized spacial score (nSPS) is 17.9. The zero-order chi connectivity index (χ0) is 36.7. The summed E-state index contributed by atoms with van der Waals surface area (Å²) in [5.41, 5.74) is 18.2. The van der Waals surface area contributed by atoms with Gasteiger partial charge in [-0.1, -0.05) is 161 Å². The van der Waals surface area contributed by atoms with Crippen LogP contribution < -0.4 is 0 Å². The van der Waals surface area contributed by atoms with Gasteiger partial charge in [-0.3, -0.25) is 0 Å². The topological polar surface area (TPSA) is 9.23 Å². The van der Waals surface area contributed by atoms with Crippen LogP contribution in [-0.2, 0) is 15.6 Å². The molecule has 51 heavy (non-hydrogen) atoms. The van der Waals surface area contributed by atoms with Crippen molar-refractivity contribution in [3.63, 3.8) is 0 Å². The van der Waals surface area contributed by atoms with Gasteiger partial charge in [0.05, 0.1) is 24.6 Å². The highest BCUT2D eigenvalue weighted by Gasteiger charge is 2.33. The highest BCUT2D eigenvalue weighted by atomic mass is 28.3. The van der Waals surface area contributed by atoms with Gasteiger partial charge < -0.3 is 4.74 Å². The molecule has 0 aromatic heterocycles. The van der Waals surface area contributed by atoms with E-state index >= 15 is 0 Å². The molecule has 0 saturated heterocycles. The first-order valence-corrected chi connectivity index (χ1v) is 21.3. The average molecular weight is 707 g/mol. The summed E-state index contributed by atoms with van der Waals surface area (Å²) in [6, 6.07) is 32.6. The highest BCUT2D eigenvalue weighted by molar-refractivity contribution is 6.62. The third-order valence-electron chi connectivity index (χ3n) is 10.6. The van der Waals surface area contributed by atoms with Gasteiger partial charge in [0, 0.05) is 6.61 Å². The quantitative estimate of drug-likeness (QED) is 0.118. The fraction of sp³-hybridized carbons (Fsp3) is 0.417. The summed E-state index contributed by atoms with van der Waals surface area (Å²) >= 11 is 0. The average Bonchev–Trinajstić information content (AvgIpc) is 3.56. The maximum absolute atomic E-state index is 6.25. The first kappa shape index (κ1) is 37.5. The molecule has 0 saturated carbocycles. The van der Waals surface area contributed by atoms with Crippen LogP contribution >= 0.6 is 0 Å². The Morgan fingerprint density at radius 3 is 1.35 bits per heavy atom. The molecule has 0 aliphatic heterocycles. The van der Waals surface area contributed by atoms with Gasteiger partial charge in [0.15, 0.2) is 0 Å². The molecule has 2 atom stereocenters. The predicted molar refractivity (Wildman–Crippen MR) is 224 cm³/mol. The van der Waals surface area contributed by atoms with E-state index < -0.39 is 0 Å². The minimum absolute atomic E-state index is 0.101.